The summed E-state index contributed by atoms with van der Waals surface area (Å²) in [4.78, 5) is 70.9. The number of carboxylic acid groups (broad SMARTS) is 1. The lowest BCUT2D eigenvalue weighted by molar-refractivity contribution is -0.147. The second kappa shape index (κ2) is 20.3. The zero-order valence-corrected chi connectivity index (χ0v) is 31.7. The molecule has 13 nitrogen and oxygen atoms in total. The predicted octanol–water partition coefficient (Wildman–Crippen LogP) is 2.42. The first kappa shape index (κ1) is 42.6. The summed E-state index contributed by atoms with van der Waals surface area (Å²) in [6.07, 6.45) is 0.873. The average molecular weight is 704 g/mol. The highest BCUT2D eigenvalue weighted by atomic mass is 16.5. The van der Waals surface area contributed by atoms with Gasteiger partial charge in [-0.2, -0.15) is 0 Å². The lowest BCUT2D eigenvalue weighted by atomic mass is 9.90. The fourth-order valence-electron chi connectivity index (χ4n) is 7.20. The van der Waals surface area contributed by atoms with E-state index in [1.165, 1.54) is 14.2 Å². The number of nitrogens with zero attached hydrogens (tertiary/aromatic N) is 3. The molecule has 2 unspecified atom stereocenters. The molecular formula is C37H61N5O8. The third-order valence-corrected chi connectivity index (χ3v) is 10.1. The summed E-state index contributed by atoms with van der Waals surface area (Å²) in [5.41, 5.74) is 0.785. The van der Waals surface area contributed by atoms with E-state index in [-0.39, 0.29) is 55.0 Å². The van der Waals surface area contributed by atoms with Gasteiger partial charge in [-0.3, -0.25) is 24.1 Å². The first-order valence-electron chi connectivity index (χ1n) is 17.7. The minimum Gasteiger partial charge on any atom is -0.480 e. The molecule has 8 atom stereocenters. The fourth-order valence-corrected chi connectivity index (χ4v) is 7.20. The Morgan fingerprint density at radius 2 is 1.62 bits per heavy atom. The number of nitrogens with one attached hydrogen (secondary N) is 2. The quantitative estimate of drug-likeness (QED) is 0.186. The maximum atomic E-state index is 14.0. The van der Waals surface area contributed by atoms with Gasteiger partial charge in [-0.25, -0.2) is 4.79 Å². The van der Waals surface area contributed by atoms with Crippen LogP contribution in [0.1, 0.15) is 65.9 Å². The van der Waals surface area contributed by atoms with Crippen LogP contribution in [0.15, 0.2) is 30.3 Å². The van der Waals surface area contributed by atoms with Crippen molar-refractivity contribution < 1.29 is 38.6 Å². The van der Waals surface area contributed by atoms with Crippen molar-refractivity contribution >= 4 is 29.6 Å². The Morgan fingerprint density at radius 3 is 2.14 bits per heavy atom. The molecule has 4 amide bonds. The van der Waals surface area contributed by atoms with E-state index in [0.717, 1.165) is 12.0 Å². The smallest absolute Gasteiger partial charge is 0.326 e. The minimum absolute atomic E-state index is 0.00276. The molecule has 0 saturated carbocycles. The van der Waals surface area contributed by atoms with Crippen molar-refractivity contribution in [3.05, 3.63) is 35.9 Å². The number of likely N-dealkylation sites (N-methyl/N-ethyl adjacent to an activating group) is 2. The van der Waals surface area contributed by atoms with Crippen LogP contribution >= 0.6 is 0 Å². The lowest BCUT2D eigenvalue weighted by Crippen LogP contribution is -2.55. The van der Waals surface area contributed by atoms with Crippen LogP contribution in [0.25, 0.3) is 0 Å². The molecule has 1 aliphatic heterocycles. The highest BCUT2D eigenvalue weighted by Crippen LogP contribution is 2.29. The zero-order valence-electron chi connectivity index (χ0n) is 31.7. The highest BCUT2D eigenvalue weighted by Gasteiger charge is 2.42. The van der Waals surface area contributed by atoms with Crippen LogP contribution in [0.4, 0.5) is 0 Å². The van der Waals surface area contributed by atoms with Crippen molar-refractivity contribution in [2.45, 2.75) is 103 Å². The van der Waals surface area contributed by atoms with Gasteiger partial charge in [-0.1, -0.05) is 71.4 Å². The van der Waals surface area contributed by atoms with Crippen molar-refractivity contribution in [1.82, 2.24) is 25.3 Å². The van der Waals surface area contributed by atoms with Crippen molar-refractivity contribution in [1.29, 1.82) is 0 Å². The normalized spacial score (nSPS) is 18.9. The average Bonchev–Trinajstić information content (AvgIpc) is 3.56. The Hall–Kier alpha value is -3.55. The molecule has 3 N–H and O–H groups in total. The number of carboxylic acids is 1. The SMILES string of the molecule is CC[C@H](C)C([C@@H](CC(=O)N1CCC[C@H]1[C@H](OC)[C@@H](C)C(=O)N[C@@H](Cc1ccccc1)C(=O)O)OC)N(C)C(=O)CNC(=O)C(C(C)C)N(C)C. The van der Waals surface area contributed by atoms with Gasteiger partial charge in [-0.05, 0) is 44.3 Å². The highest BCUT2D eigenvalue weighted by molar-refractivity contribution is 5.88. The van der Waals surface area contributed by atoms with Gasteiger partial charge < -0.3 is 35.0 Å². The van der Waals surface area contributed by atoms with E-state index in [2.05, 4.69) is 10.6 Å². The largest absolute Gasteiger partial charge is 0.480 e. The number of rotatable bonds is 20. The molecule has 0 radical (unpaired) electrons. The van der Waals surface area contributed by atoms with E-state index in [0.29, 0.717) is 19.4 Å². The van der Waals surface area contributed by atoms with E-state index in [1.807, 2.05) is 77.0 Å². The zero-order chi connectivity index (χ0) is 37.7. The van der Waals surface area contributed by atoms with E-state index < -0.39 is 48.1 Å². The van der Waals surface area contributed by atoms with E-state index in [1.54, 1.807) is 23.8 Å². The first-order valence-corrected chi connectivity index (χ1v) is 17.7. The Morgan fingerprint density at radius 1 is 0.980 bits per heavy atom. The number of ether oxygens (including phenoxy) is 2. The van der Waals surface area contributed by atoms with Gasteiger partial charge in [0.05, 0.1) is 49.2 Å². The monoisotopic (exact) mass is 703 g/mol. The molecule has 13 heteroatoms. The number of hydrogen-bond acceptors (Lipinski definition) is 8. The van der Waals surface area contributed by atoms with Crippen LogP contribution in [0, 0.1) is 17.8 Å². The van der Waals surface area contributed by atoms with E-state index >= 15 is 0 Å². The molecule has 50 heavy (non-hydrogen) atoms. The maximum Gasteiger partial charge on any atom is 0.326 e. The van der Waals surface area contributed by atoms with Crippen LogP contribution in [0.5, 0.6) is 0 Å². The second-order valence-corrected chi connectivity index (χ2v) is 14.1. The molecule has 0 aromatic heterocycles. The third-order valence-electron chi connectivity index (χ3n) is 10.1. The predicted molar refractivity (Wildman–Crippen MR) is 191 cm³/mol. The number of carbonyl (C=O) groups is 5. The number of aliphatic carboxylic acids is 1. The molecule has 282 valence electrons. The van der Waals surface area contributed by atoms with Crippen LogP contribution in [-0.4, -0.2) is 134 Å². The standard InChI is InChI=1S/C37H61N5O8/c1-11-24(4)33(41(8)31(44)22-38-36(46)32(23(2)3)40(6)7)29(49-9)21-30(43)42-19-15-18-28(42)34(50-10)25(5)35(45)39-27(37(47)48)20-26-16-13-12-14-17-26/h12-14,16-17,23-25,27-29,32-34H,11,15,18-22H2,1-10H3,(H,38,46)(H,39,45)(H,47,48)/t24-,25+,27-,28-,29+,32?,33?,34+/m0/s1. The molecule has 1 aliphatic rings. The second-order valence-electron chi connectivity index (χ2n) is 14.1. The summed E-state index contributed by atoms with van der Waals surface area (Å²) in [6.45, 7) is 9.90. The number of amides is 4. The Labute approximate surface area is 298 Å². The molecule has 1 heterocycles. The van der Waals surface area contributed by atoms with Gasteiger partial charge in [0.15, 0.2) is 0 Å². The molecule has 1 saturated heterocycles. The van der Waals surface area contributed by atoms with Crippen LogP contribution in [0.2, 0.25) is 0 Å². The Bertz CT molecular complexity index is 1250. The van der Waals surface area contributed by atoms with Gasteiger partial charge in [-0.15, -0.1) is 0 Å². The van der Waals surface area contributed by atoms with Crippen LogP contribution < -0.4 is 10.6 Å². The van der Waals surface area contributed by atoms with E-state index in [4.69, 9.17) is 9.47 Å². The summed E-state index contributed by atoms with van der Waals surface area (Å²) in [5, 5.41) is 15.3. The number of hydrogen-bond donors (Lipinski definition) is 3. The van der Waals surface area contributed by atoms with E-state index in [9.17, 15) is 29.1 Å². The van der Waals surface area contributed by atoms with Gasteiger partial charge in [0, 0.05) is 34.2 Å². The maximum absolute atomic E-state index is 14.0. The summed E-state index contributed by atoms with van der Waals surface area (Å²) in [5.74, 6) is -3.02. The van der Waals surface area contributed by atoms with Gasteiger partial charge in [0.1, 0.15) is 6.04 Å². The van der Waals surface area contributed by atoms with Crippen molar-refractivity contribution in [2.75, 3.05) is 48.5 Å². The van der Waals surface area contributed by atoms with Crippen LogP contribution in [0.3, 0.4) is 0 Å². The van der Waals surface area contributed by atoms with Gasteiger partial charge >= 0.3 is 5.97 Å². The molecule has 0 aliphatic carbocycles. The number of benzene rings is 1. The van der Waals surface area contributed by atoms with Crippen LogP contribution in [-0.2, 0) is 39.9 Å². The van der Waals surface area contributed by atoms with Gasteiger partial charge in [0.25, 0.3) is 0 Å². The first-order chi connectivity index (χ1) is 23.6. The number of carbonyl (C=O) groups excluding carboxylic acids is 4. The molecule has 0 spiro atoms. The molecule has 2 rings (SSSR count). The summed E-state index contributed by atoms with van der Waals surface area (Å²) >= 11 is 0. The summed E-state index contributed by atoms with van der Waals surface area (Å²) < 4.78 is 11.7. The topological polar surface area (TPSA) is 158 Å². The fraction of sp³-hybridized carbons (Fsp3) is 0.703. The molecule has 0 bridgehead atoms. The Kier molecular flexibility index (Phi) is 17.3. The summed E-state index contributed by atoms with van der Waals surface area (Å²) in [7, 11) is 8.35. The summed E-state index contributed by atoms with van der Waals surface area (Å²) in [6, 6.07) is 6.73. The number of likely N-dealkylation sites (tertiary alicyclic amines) is 1. The Balaban J connectivity index is 2.17. The van der Waals surface area contributed by atoms with Gasteiger partial charge in [0.2, 0.25) is 23.6 Å². The molecule has 1 aromatic carbocycles. The van der Waals surface area contributed by atoms with Crippen molar-refractivity contribution in [2.24, 2.45) is 17.8 Å². The van der Waals surface area contributed by atoms with Crippen molar-refractivity contribution in [3.8, 4) is 0 Å². The molecular weight excluding hydrogens is 642 g/mol. The molecule has 1 fully saturated rings. The molecule has 1 aromatic rings. The lowest BCUT2D eigenvalue weighted by Gasteiger charge is -2.39. The number of methoxy groups -OCH3 is 2. The minimum atomic E-state index is -1.14. The third kappa shape index (κ3) is 11.5. The van der Waals surface area contributed by atoms with Crippen molar-refractivity contribution in [3.63, 3.8) is 0 Å².